The van der Waals surface area contributed by atoms with Crippen molar-refractivity contribution in [2.45, 2.75) is 17.8 Å². The number of rotatable bonds is 3. The number of aromatic nitrogens is 6. The van der Waals surface area contributed by atoms with E-state index in [0.717, 1.165) is 11.1 Å². The summed E-state index contributed by atoms with van der Waals surface area (Å²) in [5.41, 5.74) is 2.12. The Morgan fingerprint density at radius 3 is 2.69 bits per heavy atom. The van der Waals surface area contributed by atoms with Crippen molar-refractivity contribution in [1.82, 2.24) is 29.1 Å². The van der Waals surface area contributed by atoms with Gasteiger partial charge in [0.1, 0.15) is 5.82 Å². The van der Waals surface area contributed by atoms with Gasteiger partial charge in [-0.15, -0.1) is 10.2 Å². The predicted octanol–water partition coefficient (Wildman–Crippen LogP) is 2.42. The molecule has 0 atom stereocenters. The van der Waals surface area contributed by atoms with E-state index in [2.05, 4.69) is 20.2 Å². The number of nitrogens with zero attached hydrogens (tertiary/aromatic N) is 5. The SMILES string of the molecule is Cc1cccc2c(=O)[nH]c(CSc3nnc4n(C)c(=O)c5ccccc5n34)nc12. The maximum absolute atomic E-state index is 12.6. The van der Waals surface area contributed by atoms with Crippen molar-refractivity contribution < 1.29 is 0 Å². The average Bonchev–Trinajstić information content (AvgIpc) is 3.16. The fourth-order valence-electron chi connectivity index (χ4n) is 3.46. The summed E-state index contributed by atoms with van der Waals surface area (Å²) >= 11 is 1.40. The molecule has 9 heteroatoms. The van der Waals surface area contributed by atoms with Crippen LogP contribution < -0.4 is 11.1 Å². The molecule has 3 heterocycles. The third-order valence-electron chi connectivity index (χ3n) is 4.92. The van der Waals surface area contributed by atoms with E-state index in [-0.39, 0.29) is 11.1 Å². The number of aryl methyl sites for hydroxylation is 2. The second-order valence-electron chi connectivity index (χ2n) is 6.77. The lowest BCUT2D eigenvalue weighted by molar-refractivity contribution is 0.853. The van der Waals surface area contributed by atoms with Gasteiger partial charge in [0, 0.05) is 7.05 Å². The number of hydrogen-bond acceptors (Lipinski definition) is 6. The maximum atomic E-state index is 12.6. The molecule has 0 bridgehead atoms. The molecular formula is C20H16N6O2S. The number of thioether (sulfide) groups is 1. The molecule has 0 radical (unpaired) electrons. The van der Waals surface area contributed by atoms with Gasteiger partial charge in [0.2, 0.25) is 5.78 Å². The van der Waals surface area contributed by atoms with Crippen LogP contribution in [-0.2, 0) is 12.8 Å². The van der Waals surface area contributed by atoms with Crippen LogP contribution in [0.2, 0.25) is 0 Å². The Labute approximate surface area is 168 Å². The zero-order valence-electron chi connectivity index (χ0n) is 15.7. The summed E-state index contributed by atoms with van der Waals surface area (Å²) in [7, 11) is 1.68. The van der Waals surface area contributed by atoms with Crippen LogP contribution in [0.1, 0.15) is 11.4 Å². The van der Waals surface area contributed by atoms with E-state index < -0.39 is 0 Å². The Hall–Kier alpha value is -3.46. The number of nitrogens with one attached hydrogen (secondary N) is 1. The van der Waals surface area contributed by atoms with E-state index in [1.54, 1.807) is 19.2 Å². The molecule has 8 nitrogen and oxygen atoms in total. The second kappa shape index (κ2) is 6.56. The quantitative estimate of drug-likeness (QED) is 0.464. The van der Waals surface area contributed by atoms with Crippen molar-refractivity contribution in [1.29, 1.82) is 0 Å². The predicted molar refractivity (Wildman–Crippen MR) is 112 cm³/mol. The lowest BCUT2D eigenvalue weighted by Gasteiger charge is -2.08. The Balaban J connectivity index is 1.60. The molecule has 0 saturated carbocycles. The Kier molecular flexibility index (Phi) is 3.99. The molecule has 0 unspecified atom stereocenters. The van der Waals surface area contributed by atoms with Gasteiger partial charge in [-0.2, -0.15) is 0 Å². The number of H-pyrrole nitrogens is 1. The zero-order valence-corrected chi connectivity index (χ0v) is 16.5. The van der Waals surface area contributed by atoms with Crippen molar-refractivity contribution in [3.05, 3.63) is 74.6 Å². The lowest BCUT2D eigenvalue weighted by Crippen LogP contribution is -2.20. The van der Waals surface area contributed by atoms with Gasteiger partial charge in [-0.3, -0.25) is 18.6 Å². The van der Waals surface area contributed by atoms with Crippen molar-refractivity contribution in [2.75, 3.05) is 0 Å². The third kappa shape index (κ3) is 2.73. The third-order valence-corrected chi connectivity index (χ3v) is 5.86. The van der Waals surface area contributed by atoms with Gasteiger partial charge in [-0.25, -0.2) is 4.98 Å². The van der Waals surface area contributed by atoms with Crippen LogP contribution >= 0.6 is 11.8 Å². The summed E-state index contributed by atoms with van der Waals surface area (Å²) in [6.07, 6.45) is 0. The Morgan fingerprint density at radius 2 is 1.83 bits per heavy atom. The molecule has 29 heavy (non-hydrogen) atoms. The summed E-state index contributed by atoms with van der Waals surface area (Å²) in [6.45, 7) is 1.93. The van der Waals surface area contributed by atoms with Crippen molar-refractivity contribution in [2.24, 2.45) is 7.05 Å². The molecule has 0 spiro atoms. The van der Waals surface area contributed by atoms with Gasteiger partial charge in [-0.1, -0.05) is 36.0 Å². The summed E-state index contributed by atoms with van der Waals surface area (Å²) < 4.78 is 3.34. The monoisotopic (exact) mass is 404 g/mol. The first-order valence-corrected chi connectivity index (χ1v) is 9.97. The number of benzene rings is 2. The molecule has 0 fully saturated rings. The smallest absolute Gasteiger partial charge is 0.262 e. The molecule has 2 aromatic carbocycles. The molecule has 144 valence electrons. The van der Waals surface area contributed by atoms with E-state index in [4.69, 9.17) is 0 Å². The molecule has 1 N–H and O–H groups in total. The van der Waals surface area contributed by atoms with Crippen molar-refractivity contribution in [3.8, 4) is 0 Å². The highest BCUT2D eigenvalue weighted by atomic mass is 32.2. The van der Waals surface area contributed by atoms with Crippen LogP contribution in [0.15, 0.2) is 57.2 Å². The number of hydrogen-bond donors (Lipinski definition) is 1. The van der Waals surface area contributed by atoms with Gasteiger partial charge in [0.25, 0.3) is 11.1 Å². The fourth-order valence-corrected chi connectivity index (χ4v) is 4.27. The van der Waals surface area contributed by atoms with E-state index >= 15 is 0 Å². The number of para-hydroxylation sites is 2. The van der Waals surface area contributed by atoms with E-state index in [0.29, 0.717) is 38.8 Å². The Morgan fingerprint density at radius 1 is 1.03 bits per heavy atom. The zero-order chi connectivity index (χ0) is 20.1. The van der Waals surface area contributed by atoms with Gasteiger partial charge in [-0.05, 0) is 30.7 Å². The summed E-state index contributed by atoms with van der Waals surface area (Å²) in [6, 6.07) is 12.9. The highest BCUT2D eigenvalue weighted by Crippen LogP contribution is 2.24. The minimum absolute atomic E-state index is 0.118. The molecule has 0 aliphatic rings. The minimum Gasteiger partial charge on any atom is -0.309 e. The van der Waals surface area contributed by atoms with E-state index in [1.807, 2.05) is 41.7 Å². The standard InChI is InChI=1S/C20H16N6O2S/c1-11-6-5-8-13-16(11)21-15(22-17(13)27)10-29-20-24-23-19-25(2)18(28)12-7-3-4-9-14(12)26(19)20/h3-9H,10H2,1-2H3,(H,21,22,27). The van der Waals surface area contributed by atoms with Gasteiger partial charge in [0.05, 0.1) is 27.6 Å². The van der Waals surface area contributed by atoms with Gasteiger partial charge < -0.3 is 4.98 Å². The minimum atomic E-state index is -0.159. The van der Waals surface area contributed by atoms with Crippen LogP contribution in [0.4, 0.5) is 0 Å². The summed E-state index contributed by atoms with van der Waals surface area (Å²) in [4.78, 5) is 32.4. The van der Waals surface area contributed by atoms with Crippen molar-refractivity contribution >= 4 is 39.3 Å². The summed E-state index contributed by atoms with van der Waals surface area (Å²) in [5.74, 6) is 1.44. The average molecular weight is 404 g/mol. The largest absolute Gasteiger partial charge is 0.309 e. The van der Waals surface area contributed by atoms with Crippen LogP contribution in [0.3, 0.4) is 0 Å². The highest BCUT2D eigenvalue weighted by molar-refractivity contribution is 7.98. The normalized spacial score (nSPS) is 11.7. The molecule has 0 aliphatic carbocycles. The number of aromatic amines is 1. The van der Waals surface area contributed by atoms with Gasteiger partial charge >= 0.3 is 0 Å². The fraction of sp³-hybridized carbons (Fsp3) is 0.150. The highest BCUT2D eigenvalue weighted by Gasteiger charge is 2.15. The molecule has 0 saturated heterocycles. The molecule has 3 aromatic heterocycles. The van der Waals surface area contributed by atoms with Crippen molar-refractivity contribution in [3.63, 3.8) is 0 Å². The van der Waals surface area contributed by atoms with E-state index in [1.165, 1.54) is 16.3 Å². The molecular weight excluding hydrogens is 388 g/mol. The topological polar surface area (TPSA) is 97.9 Å². The second-order valence-corrected chi connectivity index (χ2v) is 7.71. The first-order chi connectivity index (χ1) is 14.0. The number of fused-ring (bicyclic) bond motifs is 4. The molecule has 5 rings (SSSR count). The molecule has 5 aromatic rings. The van der Waals surface area contributed by atoms with Crippen LogP contribution in [0.5, 0.6) is 0 Å². The molecule has 0 aliphatic heterocycles. The first kappa shape index (κ1) is 17.6. The van der Waals surface area contributed by atoms with Crippen LogP contribution in [0, 0.1) is 6.92 Å². The molecule has 0 amide bonds. The Bertz CT molecular complexity index is 1530. The first-order valence-electron chi connectivity index (χ1n) is 8.99. The maximum Gasteiger partial charge on any atom is 0.262 e. The van der Waals surface area contributed by atoms with Crippen LogP contribution in [0.25, 0.3) is 27.6 Å². The lowest BCUT2D eigenvalue weighted by atomic mass is 10.1. The van der Waals surface area contributed by atoms with E-state index in [9.17, 15) is 9.59 Å². The van der Waals surface area contributed by atoms with Gasteiger partial charge in [0.15, 0.2) is 5.16 Å². The summed E-state index contributed by atoms with van der Waals surface area (Å²) in [5, 5.41) is 10.2. The van der Waals surface area contributed by atoms with Crippen LogP contribution in [-0.4, -0.2) is 29.1 Å².